The number of aryl methyl sites for hydroxylation is 1. The molecule has 0 aliphatic carbocycles. The van der Waals surface area contributed by atoms with E-state index in [0.717, 1.165) is 50.7 Å². The van der Waals surface area contributed by atoms with Crippen molar-refractivity contribution >= 4 is 11.9 Å². The summed E-state index contributed by atoms with van der Waals surface area (Å²) in [6, 6.07) is 6.84. The molecule has 3 rings (SSSR count). The van der Waals surface area contributed by atoms with Crippen LogP contribution in [0.1, 0.15) is 32.1 Å². The molecule has 1 saturated heterocycles. The Balaban J connectivity index is 0.000000221. The second-order valence-corrected chi connectivity index (χ2v) is 6.23. The Morgan fingerprint density at radius 3 is 2.32 bits per heavy atom. The molecular weight excluding hydrogens is 362 g/mol. The summed E-state index contributed by atoms with van der Waals surface area (Å²) in [6.45, 7) is 6.33. The molecule has 0 spiro atoms. The van der Waals surface area contributed by atoms with Crippen LogP contribution in [0.25, 0.3) is 0 Å². The van der Waals surface area contributed by atoms with E-state index in [4.69, 9.17) is 9.84 Å². The number of aromatic carboxylic acids is 1. The number of carboxylic acids is 1. The summed E-state index contributed by atoms with van der Waals surface area (Å²) in [7, 11) is 1.35. The first-order valence-electron chi connectivity index (χ1n) is 8.99. The Hall–Kier alpha value is -2.84. The highest BCUT2D eigenvalue weighted by Crippen LogP contribution is 2.04. The average Bonchev–Trinajstić information content (AvgIpc) is 2.74. The van der Waals surface area contributed by atoms with Gasteiger partial charge in [-0.3, -0.25) is 14.9 Å². The van der Waals surface area contributed by atoms with Crippen molar-refractivity contribution in [1.82, 2.24) is 14.9 Å². The fraction of sp³-hybridized carbons (Fsp3) is 0.400. The normalized spacial score (nSPS) is 13.9. The van der Waals surface area contributed by atoms with Crippen LogP contribution in [-0.4, -0.2) is 71.9 Å². The van der Waals surface area contributed by atoms with Gasteiger partial charge in [0.25, 0.3) is 0 Å². The molecule has 0 bridgehead atoms. The largest absolute Gasteiger partial charge is 0.478 e. The molecule has 2 aromatic heterocycles. The number of aromatic nitrogens is 2. The van der Waals surface area contributed by atoms with Gasteiger partial charge in [-0.25, -0.2) is 9.59 Å². The second kappa shape index (κ2) is 11.1. The number of carbonyl (C=O) groups is 2. The Labute approximate surface area is 164 Å². The number of carboxylic acid groups (broad SMARTS) is 1. The molecule has 8 nitrogen and oxygen atoms in total. The number of carbonyl (C=O) groups excluding carboxylic acids is 1. The number of hydrogen-bond acceptors (Lipinski definition) is 7. The van der Waals surface area contributed by atoms with Crippen molar-refractivity contribution in [3.05, 3.63) is 59.2 Å². The van der Waals surface area contributed by atoms with E-state index in [2.05, 4.69) is 19.6 Å². The van der Waals surface area contributed by atoms with Gasteiger partial charge in [0.05, 0.1) is 31.5 Å². The molecule has 1 N–H and O–H groups in total. The van der Waals surface area contributed by atoms with E-state index in [1.807, 2.05) is 6.92 Å². The Morgan fingerprint density at radius 1 is 1.11 bits per heavy atom. The second-order valence-electron chi connectivity index (χ2n) is 6.23. The van der Waals surface area contributed by atoms with Gasteiger partial charge in [0.2, 0.25) is 0 Å². The highest BCUT2D eigenvalue weighted by molar-refractivity contribution is 5.88. The molecule has 0 unspecified atom stereocenters. The van der Waals surface area contributed by atoms with Gasteiger partial charge in [-0.05, 0) is 31.2 Å². The standard InChI is InChI=1S/C12H16N2O3.C8H9NO2/c15-12(16)10-1-2-11(13-9-10)3-4-14-5-7-17-8-6-14;1-6-3-4-7(5-9-6)8(10)11-2/h1-2,9H,3-8H2,(H,15,16);3-5H,1-2H3. The van der Waals surface area contributed by atoms with Crippen LogP contribution in [-0.2, 0) is 15.9 Å². The van der Waals surface area contributed by atoms with Crippen LogP contribution in [0, 0.1) is 6.92 Å². The summed E-state index contributed by atoms with van der Waals surface area (Å²) in [5, 5.41) is 8.75. The smallest absolute Gasteiger partial charge is 0.339 e. The van der Waals surface area contributed by atoms with Gasteiger partial charge in [0.15, 0.2) is 0 Å². The van der Waals surface area contributed by atoms with Gasteiger partial charge in [-0.15, -0.1) is 0 Å². The molecule has 1 aliphatic heterocycles. The Kier molecular flexibility index (Phi) is 8.51. The number of ether oxygens (including phenoxy) is 2. The summed E-state index contributed by atoms with van der Waals surface area (Å²) in [5.41, 5.74) is 2.54. The van der Waals surface area contributed by atoms with Crippen molar-refractivity contribution < 1.29 is 24.2 Å². The third-order valence-electron chi connectivity index (χ3n) is 4.19. The molecule has 0 atom stereocenters. The first kappa shape index (κ1) is 21.5. The van der Waals surface area contributed by atoms with Gasteiger partial charge in [0.1, 0.15) is 0 Å². The van der Waals surface area contributed by atoms with Crippen LogP contribution < -0.4 is 0 Å². The highest BCUT2D eigenvalue weighted by atomic mass is 16.5. The quantitative estimate of drug-likeness (QED) is 0.776. The predicted octanol–water partition coefficient (Wildman–Crippen LogP) is 1.83. The lowest BCUT2D eigenvalue weighted by Crippen LogP contribution is -2.37. The lowest BCUT2D eigenvalue weighted by Gasteiger charge is -2.26. The maximum absolute atomic E-state index is 10.9. The topological polar surface area (TPSA) is 102 Å². The van der Waals surface area contributed by atoms with Crippen LogP contribution in [0.2, 0.25) is 0 Å². The number of morpholine rings is 1. The zero-order valence-corrected chi connectivity index (χ0v) is 16.1. The number of hydrogen-bond donors (Lipinski definition) is 1. The molecule has 0 amide bonds. The van der Waals surface area contributed by atoms with E-state index in [1.165, 1.54) is 19.5 Å². The SMILES string of the molecule is COC(=O)c1ccc(C)nc1.O=C(O)c1ccc(CCN2CCOCC2)nc1. The summed E-state index contributed by atoms with van der Waals surface area (Å²) >= 11 is 0. The molecule has 1 aliphatic rings. The van der Waals surface area contributed by atoms with Crippen LogP contribution in [0.15, 0.2) is 36.7 Å². The molecule has 150 valence electrons. The molecule has 3 heterocycles. The molecule has 0 saturated carbocycles. The minimum absolute atomic E-state index is 0.236. The summed E-state index contributed by atoms with van der Waals surface area (Å²) in [4.78, 5) is 31.9. The lowest BCUT2D eigenvalue weighted by atomic mass is 10.2. The lowest BCUT2D eigenvalue weighted by molar-refractivity contribution is 0.0383. The van der Waals surface area contributed by atoms with E-state index >= 15 is 0 Å². The van der Waals surface area contributed by atoms with Crippen molar-refractivity contribution in [3.63, 3.8) is 0 Å². The van der Waals surface area contributed by atoms with Crippen molar-refractivity contribution in [2.45, 2.75) is 13.3 Å². The number of rotatable bonds is 5. The van der Waals surface area contributed by atoms with Crippen molar-refractivity contribution in [3.8, 4) is 0 Å². The van der Waals surface area contributed by atoms with Crippen LogP contribution >= 0.6 is 0 Å². The van der Waals surface area contributed by atoms with Crippen LogP contribution in [0.4, 0.5) is 0 Å². The first-order valence-corrected chi connectivity index (χ1v) is 8.99. The minimum Gasteiger partial charge on any atom is -0.478 e. The van der Waals surface area contributed by atoms with E-state index in [0.29, 0.717) is 5.56 Å². The third kappa shape index (κ3) is 7.05. The molecule has 8 heteroatoms. The molecule has 1 fully saturated rings. The molecular formula is C20H25N3O5. The van der Waals surface area contributed by atoms with E-state index in [-0.39, 0.29) is 11.5 Å². The van der Waals surface area contributed by atoms with Gasteiger partial charge in [0, 0.05) is 49.8 Å². The van der Waals surface area contributed by atoms with Crippen LogP contribution in [0.3, 0.4) is 0 Å². The van der Waals surface area contributed by atoms with Crippen molar-refractivity contribution in [2.24, 2.45) is 0 Å². The van der Waals surface area contributed by atoms with Gasteiger partial charge in [-0.1, -0.05) is 0 Å². The molecule has 0 aromatic carbocycles. The molecule has 2 aromatic rings. The van der Waals surface area contributed by atoms with Gasteiger partial charge < -0.3 is 14.6 Å². The summed E-state index contributed by atoms with van der Waals surface area (Å²) in [5.74, 6) is -1.28. The number of pyridine rings is 2. The number of methoxy groups -OCH3 is 1. The minimum atomic E-state index is -0.933. The molecule has 28 heavy (non-hydrogen) atoms. The zero-order valence-electron chi connectivity index (χ0n) is 16.1. The monoisotopic (exact) mass is 387 g/mol. The predicted molar refractivity (Wildman–Crippen MR) is 102 cm³/mol. The first-order chi connectivity index (χ1) is 13.5. The number of esters is 1. The van der Waals surface area contributed by atoms with Gasteiger partial charge in [-0.2, -0.15) is 0 Å². The summed E-state index contributed by atoms with van der Waals surface area (Å²) < 4.78 is 9.77. The van der Waals surface area contributed by atoms with E-state index in [1.54, 1.807) is 24.3 Å². The van der Waals surface area contributed by atoms with Crippen LogP contribution in [0.5, 0.6) is 0 Å². The van der Waals surface area contributed by atoms with Crippen molar-refractivity contribution in [2.75, 3.05) is 40.0 Å². The third-order valence-corrected chi connectivity index (χ3v) is 4.19. The Morgan fingerprint density at radius 2 is 1.79 bits per heavy atom. The maximum Gasteiger partial charge on any atom is 0.339 e. The summed E-state index contributed by atoms with van der Waals surface area (Å²) in [6.07, 6.45) is 3.76. The maximum atomic E-state index is 10.9. The van der Waals surface area contributed by atoms with E-state index < -0.39 is 5.97 Å². The average molecular weight is 387 g/mol. The Bertz CT molecular complexity index is 756. The fourth-order valence-electron chi connectivity index (χ4n) is 2.50. The fourth-order valence-corrected chi connectivity index (χ4v) is 2.50. The van der Waals surface area contributed by atoms with Gasteiger partial charge >= 0.3 is 11.9 Å². The zero-order chi connectivity index (χ0) is 20.4. The molecule has 0 radical (unpaired) electrons. The highest BCUT2D eigenvalue weighted by Gasteiger charge is 2.10. The van der Waals surface area contributed by atoms with E-state index in [9.17, 15) is 9.59 Å². The van der Waals surface area contributed by atoms with Crippen molar-refractivity contribution in [1.29, 1.82) is 0 Å². The number of nitrogens with zero attached hydrogens (tertiary/aromatic N) is 3.